The van der Waals surface area contributed by atoms with Crippen molar-refractivity contribution in [3.63, 3.8) is 0 Å². The number of ether oxygens (including phenoxy) is 1. The van der Waals surface area contributed by atoms with Gasteiger partial charge < -0.3 is 9.84 Å². The van der Waals surface area contributed by atoms with Gasteiger partial charge in [-0.1, -0.05) is 11.8 Å². The maximum Gasteiger partial charge on any atom is 0.338 e. The smallest absolute Gasteiger partial charge is 0.338 e. The standard InChI is InChI=1S/C9H9FO3S/c1-13-5-14-6-2-3-8(10)7(4-6)9(11)12/h2-4H,5H2,1H3,(H,11,12). The topological polar surface area (TPSA) is 46.5 Å². The first-order chi connectivity index (χ1) is 6.65. The van der Waals surface area contributed by atoms with Crippen LogP contribution in [-0.2, 0) is 4.74 Å². The van der Waals surface area contributed by atoms with Gasteiger partial charge in [-0.3, -0.25) is 0 Å². The van der Waals surface area contributed by atoms with Crippen LogP contribution in [0, 0.1) is 5.82 Å². The highest BCUT2D eigenvalue weighted by Crippen LogP contribution is 2.20. The van der Waals surface area contributed by atoms with Crippen LogP contribution in [0.5, 0.6) is 0 Å². The lowest BCUT2D eigenvalue weighted by molar-refractivity contribution is 0.0691. The summed E-state index contributed by atoms with van der Waals surface area (Å²) >= 11 is 1.31. The number of carboxylic acids is 1. The number of rotatable bonds is 4. The summed E-state index contributed by atoms with van der Waals surface area (Å²) in [6.45, 7) is 0. The first-order valence-electron chi connectivity index (χ1n) is 3.79. The monoisotopic (exact) mass is 216 g/mol. The molecule has 0 aromatic heterocycles. The van der Waals surface area contributed by atoms with Crippen molar-refractivity contribution in [3.05, 3.63) is 29.6 Å². The van der Waals surface area contributed by atoms with Crippen LogP contribution in [0.3, 0.4) is 0 Å². The zero-order chi connectivity index (χ0) is 10.6. The van der Waals surface area contributed by atoms with Gasteiger partial charge in [0.15, 0.2) is 0 Å². The number of carbonyl (C=O) groups is 1. The molecule has 1 aromatic carbocycles. The van der Waals surface area contributed by atoms with Crippen molar-refractivity contribution in [3.8, 4) is 0 Å². The van der Waals surface area contributed by atoms with Crippen LogP contribution < -0.4 is 0 Å². The minimum absolute atomic E-state index is 0.314. The highest BCUT2D eigenvalue weighted by molar-refractivity contribution is 7.99. The van der Waals surface area contributed by atoms with Crippen LogP contribution >= 0.6 is 11.8 Å². The lowest BCUT2D eigenvalue weighted by atomic mass is 10.2. The Hall–Kier alpha value is -1.07. The van der Waals surface area contributed by atoms with E-state index in [0.717, 1.165) is 6.07 Å². The average Bonchev–Trinajstić information content (AvgIpc) is 2.16. The van der Waals surface area contributed by atoms with Crippen molar-refractivity contribution in [1.29, 1.82) is 0 Å². The molecule has 5 heteroatoms. The average molecular weight is 216 g/mol. The number of aromatic carboxylic acids is 1. The Bertz CT molecular complexity index is 341. The molecule has 0 radical (unpaired) electrons. The maximum atomic E-state index is 12.9. The van der Waals surface area contributed by atoms with E-state index in [-0.39, 0.29) is 5.56 Å². The molecule has 0 fully saturated rings. The molecule has 14 heavy (non-hydrogen) atoms. The lowest BCUT2D eigenvalue weighted by Crippen LogP contribution is -2.00. The van der Waals surface area contributed by atoms with Crippen LogP contribution in [0.4, 0.5) is 4.39 Å². The normalized spacial score (nSPS) is 10.1. The molecule has 1 rings (SSSR count). The van der Waals surface area contributed by atoms with Crippen molar-refractivity contribution in [2.24, 2.45) is 0 Å². The molecule has 0 aliphatic rings. The minimum Gasteiger partial charge on any atom is -0.478 e. The zero-order valence-corrected chi connectivity index (χ0v) is 8.31. The quantitative estimate of drug-likeness (QED) is 0.619. The van der Waals surface area contributed by atoms with Crippen molar-refractivity contribution >= 4 is 17.7 Å². The molecule has 1 aromatic rings. The summed E-state index contributed by atoms with van der Waals surface area (Å²) in [4.78, 5) is 11.2. The van der Waals surface area contributed by atoms with E-state index in [9.17, 15) is 9.18 Å². The molecule has 0 saturated heterocycles. The van der Waals surface area contributed by atoms with Crippen molar-refractivity contribution in [1.82, 2.24) is 0 Å². The van der Waals surface area contributed by atoms with E-state index in [4.69, 9.17) is 9.84 Å². The van der Waals surface area contributed by atoms with E-state index in [1.165, 1.54) is 31.0 Å². The minimum atomic E-state index is -1.26. The fourth-order valence-electron chi connectivity index (χ4n) is 0.885. The van der Waals surface area contributed by atoms with Gasteiger partial charge in [-0.2, -0.15) is 0 Å². The zero-order valence-electron chi connectivity index (χ0n) is 7.49. The Kier molecular flexibility index (Phi) is 3.91. The van der Waals surface area contributed by atoms with Gasteiger partial charge in [-0.05, 0) is 18.2 Å². The Labute approximate surface area is 84.9 Å². The number of thioether (sulfide) groups is 1. The molecule has 0 spiro atoms. The largest absolute Gasteiger partial charge is 0.478 e. The summed E-state index contributed by atoms with van der Waals surface area (Å²) < 4.78 is 17.7. The highest BCUT2D eigenvalue weighted by atomic mass is 32.2. The summed E-state index contributed by atoms with van der Waals surface area (Å²) in [6.07, 6.45) is 0. The predicted molar refractivity (Wildman–Crippen MR) is 51.1 cm³/mol. The Morgan fingerprint density at radius 2 is 2.36 bits per heavy atom. The number of benzene rings is 1. The van der Waals surface area contributed by atoms with E-state index in [2.05, 4.69) is 0 Å². The van der Waals surface area contributed by atoms with E-state index < -0.39 is 11.8 Å². The van der Waals surface area contributed by atoms with Gasteiger partial charge >= 0.3 is 5.97 Å². The molecule has 3 nitrogen and oxygen atoms in total. The Balaban J connectivity index is 2.89. The van der Waals surface area contributed by atoms with Crippen molar-refractivity contribution in [2.75, 3.05) is 13.0 Å². The van der Waals surface area contributed by atoms with Crippen LogP contribution in [-0.4, -0.2) is 24.1 Å². The van der Waals surface area contributed by atoms with Gasteiger partial charge in [-0.15, -0.1) is 0 Å². The molecular formula is C9H9FO3S. The second kappa shape index (κ2) is 4.97. The molecule has 0 saturated carbocycles. The molecule has 76 valence electrons. The van der Waals surface area contributed by atoms with Crippen molar-refractivity contribution in [2.45, 2.75) is 4.90 Å². The first kappa shape index (κ1) is 11.0. The number of methoxy groups -OCH3 is 1. The van der Waals surface area contributed by atoms with E-state index >= 15 is 0 Å². The van der Waals surface area contributed by atoms with Gasteiger partial charge in [0.1, 0.15) is 5.82 Å². The Morgan fingerprint density at radius 1 is 1.64 bits per heavy atom. The molecule has 0 heterocycles. The van der Waals surface area contributed by atoms with Gasteiger partial charge in [-0.25, -0.2) is 9.18 Å². The molecule has 0 amide bonds. The third kappa shape index (κ3) is 2.71. The summed E-state index contributed by atoms with van der Waals surface area (Å²) in [5, 5.41) is 8.64. The third-order valence-electron chi connectivity index (χ3n) is 1.51. The van der Waals surface area contributed by atoms with E-state index in [0.29, 0.717) is 10.8 Å². The van der Waals surface area contributed by atoms with Gasteiger partial charge in [0, 0.05) is 12.0 Å². The van der Waals surface area contributed by atoms with Crippen LogP contribution in [0.1, 0.15) is 10.4 Å². The second-order valence-corrected chi connectivity index (χ2v) is 3.49. The predicted octanol–water partition coefficient (Wildman–Crippen LogP) is 2.22. The molecule has 0 aliphatic carbocycles. The molecular weight excluding hydrogens is 207 g/mol. The van der Waals surface area contributed by atoms with E-state index in [1.54, 1.807) is 0 Å². The number of carboxylic acid groups (broad SMARTS) is 1. The fraction of sp³-hybridized carbons (Fsp3) is 0.222. The SMILES string of the molecule is COCSc1ccc(F)c(C(=O)O)c1. The summed E-state index contributed by atoms with van der Waals surface area (Å²) in [6, 6.07) is 3.95. The van der Waals surface area contributed by atoms with Gasteiger partial charge in [0.25, 0.3) is 0 Å². The van der Waals surface area contributed by atoms with Crippen LogP contribution in [0.15, 0.2) is 23.1 Å². The third-order valence-corrected chi connectivity index (χ3v) is 2.45. The van der Waals surface area contributed by atoms with Crippen LogP contribution in [0.25, 0.3) is 0 Å². The van der Waals surface area contributed by atoms with Gasteiger partial charge in [0.05, 0.1) is 11.5 Å². The molecule has 1 N–H and O–H groups in total. The molecule has 0 aliphatic heterocycles. The number of hydrogen-bond donors (Lipinski definition) is 1. The summed E-state index contributed by atoms with van der Waals surface area (Å²) in [7, 11) is 1.54. The lowest BCUT2D eigenvalue weighted by Gasteiger charge is -2.02. The van der Waals surface area contributed by atoms with Crippen molar-refractivity contribution < 1.29 is 19.0 Å². The fourth-order valence-corrected chi connectivity index (χ4v) is 1.50. The maximum absolute atomic E-state index is 12.9. The second-order valence-electron chi connectivity index (χ2n) is 2.50. The Morgan fingerprint density at radius 3 is 2.93 bits per heavy atom. The van der Waals surface area contributed by atoms with E-state index in [1.807, 2.05) is 0 Å². The number of hydrogen-bond acceptors (Lipinski definition) is 3. The summed E-state index contributed by atoms with van der Waals surface area (Å²) in [5.41, 5.74) is -0.314. The molecule has 0 atom stereocenters. The van der Waals surface area contributed by atoms with Crippen LogP contribution in [0.2, 0.25) is 0 Å². The van der Waals surface area contributed by atoms with Gasteiger partial charge in [0.2, 0.25) is 0 Å². The molecule has 0 bridgehead atoms. The first-order valence-corrected chi connectivity index (χ1v) is 4.78. The highest BCUT2D eigenvalue weighted by Gasteiger charge is 2.10. The summed E-state index contributed by atoms with van der Waals surface area (Å²) in [5.74, 6) is -1.58. The molecule has 0 unspecified atom stereocenters. The number of halogens is 1.